The van der Waals surface area contributed by atoms with Gasteiger partial charge in [0.05, 0.1) is 0 Å². The number of carbonyl (C=O) groups excluding carboxylic acids is 1. The van der Waals surface area contributed by atoms with Gasteiger partial charge in [-0.15, -0.1) is 0 Å². The lowest BCUT2D eigenvalue weighted by atomic mass is 9.98. The molecular weight excluding hydrogens is 222 g/mol. The first-order chi connectivity index (χ1) is 8.58. The van der Waals surface area contributed by atoms with Crippen molar-refractivity contribution in [2.45, 2.75) is 20.3 Å². The summed E-state index contributed by atoms with van der Waals surface area (Å²) in [5, 5.41) is 0. The van der Waals surface area contributed by atoms with Gasteiger partial charge in [0, 0.05) is 17.7 Å². The highest BCUT2D eigenvalue weighted by Crippen LogP contribution is 2.16. The highest BCUT2D eigenvalue weighted by Gasteiger charge is 2.09. The summed E-state index contributed by atoms with van der Waals surface area (Å²) >= 11 is 0. The van der Waals surface area contributed by atoms with Crippen molar-refractivity contribution < 1.29 is 4.79 Å². The van der Waals surface area contributed by atoms with E-state index < -0.39 is 0 Å². The molecule has 0 heterocycles. The minimum Gasteiger partial charge on any atom is -0.399 e. The summed E-state index contributed by atoms with van der Waals surface area (Å²) in [7, 11) is 0. The fraction of sp³-hybridized carbons (Fsp3) is 0.188. The maximum Gasteiger partial charge on any atom is 0.167 e. The molecule has 2 nitrogen and oxygen atoms in total. The van der Waals surface area contributed by atoms with Crippen molar-refractivity contribution in [3.05, 3.63) is 64.7 Å². The first-order valence-electron chi connectivity index (χ1n) is 6.02. The molecule has 0 aliphatic rings. The molecule has 0 aromatic heterocycles. The maximum absolute atomic E-state index is 12.2. The second kappa shape index (κ2) is 5.05. The summed E-state index contributed by atoms with van der Waals surface area (Å²) in [6.45, 7) is 3.94. The van der Waals surface area contributed by atoms with Crippen LogP contribution >= 0.6 is 0 Å². The van der Waals surface area contributed by atoms with E-state index in [1.54, 1.807) is 12.1 Å². The Kier molecular flexibility index (Phi) is 3.47. The lowest BCUT2D eigenvalue weighted by Gasteiger charge is -2.06. The summed E-state index contributed by atoms with van der Waals surface area (Å²) in [5.74, 6) is 0.132. The second-order valence-electron chi connectivity index (χ2n) is 4.60. The van der Waals surface area contributed by atoms with Crippen LogP contribution in [0.25, 0.3) is 0 Å². The number of nitrogen functional groups attached to an aromatic ring is 1. The first kappa shape index (κ1) is 12.4. The molecule has 2 aromatic carbocycles. The van der Waals surface area contributed by atoms with E-state index in [4.69, 9.17) is 5.73 Å². The molecule has 0 aliphatic heterocycles. The standard InChI is InChI=1S/C16H17NO/c1-11-5-3-4-6-13(11)10-16(18)14-7-8-15(17)12(2)9-14/h3-9H,10,17H2,1-2H3. The van der Waals surface area contributed by atoms with Gasteiger partial charge in [0.2, 0.25) is 0 Å². The third-order valence-corrected chi connectivity index (χ3v) is 3.20. The van der Waals surface area contributed by atoms with Gasteiger partial charge in [-0.3, -0.25) is 4.79 Å². The molecule has 0 aliphatic carbocycles. The molecule has 18 heavy (non-hydrogen) atoms. The van der Waals surface area contributed by atoms with Gasteiger partial charge in [0.1, 0.15) is 0 Å². The van der Waals surface area contributed by atoms with Crippen LogP contribution in [-0.2, 0) is 6.42 Å². The smallest absolute Gasteiger partial charge is 0.167 e. The Morgan fingerprint density at radius 2 is 1.78 bits per heavy atom. The molecule has 2 aromatic rings. The summed E-state index contributed by atoms with van der Waals surface area (Å²) in [4.78, 5) is 12.2. The molecule has 0 bridgehead atoms. The average Bonchev–Trinajstić information content (AvgIpc) is 2.35. The summed E-state index contributed by atoms with van der Waals surface area (Å²) in [6, 6.07) is 13.4. The van der Waals surface area contributed by atoms with E-state index in [-0.39, 0.29) is 5.78 Å². The van der Waals surface area contributed by atoms with E-state index in [0.717, 1.165) is 27.9 Å². The van der Waals surface area contributed by atoms with Crippen molar-refractivity contribution in [3.63, 3.8) is 0 Å². The number of carbonyl (C=O) groups is 1. The van der Waals surface area contributed by atoms with Crippen molar-refractivity contribution in [2.24, 2.45) is 0 Å². The van der Waals surface area contributed by atoms with Gasteiger partial charge in [-0.25, -0.2) is 0 Å². The minimum absolute atomic E-state index is 0.132. The van der Waals surface area contributed by atoms with Gasteiger partial charge >= 0.3 is 0 Å². The fourth-order valence-corrected chi connectivity index (χ4v) is 1.93. The molecule has 0 unspecified atom stereocenters. The average molecular weight is 239 g/mol. The number of nitrogens with two attached hydrogens (primary N) is 1. The Morgan fingerprint density at radius 3 is 2.44 bits per heavy atom. The third kappa shape index (κ3) is 2.59. The Morgan fingerprint density at radius 1 is 1.06 bits per heavy atom. The van der Waals surface area contributed by atoms with Crippen LogP contribution in [0.5, 0.6) is 0 Å². The van der Waals surface area contributed by atoms with E-state index in [0.29, 0.717) is 6.42 Å². The SMILES string of the molecule is Cc1cc(C(=O)Cc2ccccc2C)ccc1N. The zero-order valence-electron chi connectivity index (χ0n) is 10.7. The van der Waals surface area contributed by atoms with E-state index >= 15 is 0 Å². The topological polar surface area (TPSA) is 43.1 Å². The van der Waals surface area contributed by atoms with Crippen LogP contribution in [0.15, 0.2) is 42.5 Å². The van der Waals surface area contributed by atoms with Gasteiger partial charge in [-0.2, -0.15) is 0 Å². The van der Waals surface area contributed by atoms with Crippen molar-refractivity contribution in [2.75, 3.05) is 5.73 Å². The molecule has 0 fully saturated rings. The van der Waals surface area contributed by atoms with E-state index in [9.17, 15) is 4.79 Å². The predicted molar refractivity (Wildman–Crippen MR) is 74.8 cm³/mol. The number of hydrogen-bond donors (Lipinski definition) is 1. The van der Waals surface area contributed by atoms with Crippen LogP contribution < -0.4 is 5.73 Å². The van der Waals surface area contributed by atoms with Gasteiger partial charge in [0.15, 0.2) is 5.78 Å². The lowest BCUT2D eigenvalue weighted by Crippen LogP contribution is -2.05. The molecule has 0 saturated heterocycles. The molecule has 0 amide bonds. The molecule has 2 heteroatoms. The molecule has 0 saturated carbocycles. The Labute approximate surface area is 107 Å². The van der Waals surface area contributed by atoms with Gasteiger partial charge in [-0.1, -0.05) is 24.3 Å². The molecule has 0 radical (unpaired) electrons. The summed E-state index contributed by atoms with van der Waals surface area (Å²) in [5.41, 5.74) is 10.4. The van der Waals surface area contributed by atoms with Crippen molar-refractivity contribution in [1.29, 1.82) is 0 Å². The van der Waals surface area contributed by atoms with Crippen LogP contribution in [0, 0.1) is 13.8 Å². The van der Waals surface area contributed by atoms with Crippen molar-refractivity contribution >= 4 is 11.5 Å². The number of rotatable bonds is 3. The van der Waals surface area contributed by atoms with Crippen LogP contribution in [0.3, 0.4) is 0 Å². The Bertz CT molecular complexity index is 587. The van der Waals surface area contributed by atoms with Gasteiger partial charge in [-0.05, 0) is 48.7 Å². The second-order valence-corrected chi connectivity index (χ2v) is 4.60. The number of aryl methyl sites for hydroxylation is 2. The maximum atomic E-state index is 12.2. The molecule has 0 atom stereocenters. The largest absolute Gasteiger partial charge is 0.399 e. The lowest BCUT2D eigenvalue weighted by molar-refractivity contribution is 0.0992. The van der Waals surface area contributed by atoms with Crippen LogP contribution in [-0.4, -0.2) is 5.78 Å². The quantitative estimate of drug-likeness (QED) is 0.659. The number of Topliss-reactive ketones (excluding diaryl/α,β-unsaturated/α-hetero) is 1. The summed E-state index contributed by atoms with van der Waals surface area (Å²) < 4.78 is 0. The molecule has 2 N–H and O–H groups in total. The normalized spacial score (nSPS) is 10.3. The number of ketones is 1. The number of anilines is 1. The highest BCUT2D eigenvalue weighted by molar-refractivity contribution is 5.98. The zero-order valence-corrected chi connectivity index (χ0v) is 10.7. The molecule has 0 spiro atoms. The first-order valence-corrected chi connectivity index (χ1v) is 6.02. The summed E-state index contributed by atoms with van der Waals surface area (Å²) in [6.07, 6.45) is 0.441. The fourth-order valence-electron chi connectivity index (χ4n) is 1.93. The van der Waals surface area contributed by atoms with Crippen LogP contribution in [0.1, 0.15) is 27.0 Å². The van der Waals surface area contributed by atoms with Crippen molar-refractivity contribution in [3.8, 4) is 0 Å². The predicted octanol–water partition coefficient (Wildman–Crippen LogP) is 3.31. The van der Waals surface area contributed by atoms with Gasteiger partial charge in [0.25, 0.3) is 0 Å². The molecule has 92 valence electrons. The number of benzene rings is 2. The third-order valence-electron chi connectivity index (χ3n) is 3.20. The van der Waals surface area contributed by atoms with E-state index in [1.807, 2.05) is 44.2 Å². The van der Waals surface area contributed by atoms with Crippen LogP contribution in [0.4, 0.5) is 5.69 Å². The minimum atomic E-state index is 0.132. The molecular formula is C16H17NO. The monoisotopic (exact) mass is 239 g/mol. The number of hydrogen-bond acceptors (Lipinski definition) is 2. The van der Waals surface area contributed by atoms with Gasteiger partial charge < -0.3 is 5.73 Å². The Balaban J connectivity index is 2.22. The van der Waals surface area contributed by atoms with E-state index in [2.05, 4.69) is 0 Å². The van der Waals surface area contributed by atoms with Crippen molar-refractivity contribution in [1.82, 2.24) is 0 Å². The highest BCUT2D eigenvalue weighted by atomic mass is 16.1. The van der Waals surface area contributed by atoms with E-state index in [1.165, 1.54) is 0 Å². The van der Waals surface area contributed by atoms with Crippen LogP contribution in [0.2, 0.25) is 0 Å². The zero-order chi connectivity index (χ0) is 13.1. The molecule has 2 rings (SSSR count). The Hall–Kier alpha value is -2.09.